The lowest BCUT2D eigenvalue weighted by molar-refractivity contribution is -0.136. The van der Waals surface area contributed by atoms with E-state index in [1.54, 1.807) is 0 Å². The smallest absolute Gasteiger partial charge is 0.410 e. The summed E-state index contributed by atoms with van der Waals surface area (Å²) in [4.78, 5) is 17.5. The molecule has 218 valence electrons. The highest BCUT2D eigenvalue weighted by atomic mass is 16.6. The second kappa shape index (κ2) is 11.0. The molecule has 6 nitrogen and oxygen atoms in total. The summed E-state index contributed by atoms with van der Waals surface area (Å²) in [7, 11) is 0. The number of carbonyl (C=O) groups is 1. The predicted octanol–water partition coefficient (Wildman–Crippen LogP) is 6.39. The maximum Gasteiger partial charge on any atom is 0.410 e. The molecule has 1 aliphatic carbocycles. The molecule has 2 aliphatic heterocycles. The standard InChI is InChI=1S/C34H48N2O4/c1-24-20-25(2)30(39-23-28-10-8-7-9-11-28)21-29(24)33-14-17-35(31(37)40-32(4,5)6)19-16-34(33,38)26(3)36(18-15-33)22-27-12-13-27/h7-11,20-21,26-27,38H,12-19,22-23H2,1-6H3. The highest BCUT2D eigenvalue weighted by Gasteiger charge is 2.60. The van der Waals surface area contributed by atoms with Crippen molar-refractivity contribution in [2.45, 2.75) is 103 Å². The van der Waals surface area contributed by atoms with Crippen LogP contribution >= 0.6 is 0 Å². The molecule has 2 saturated heterocycles. The zero-order valence-corrected chi connectivity index (χ0v) is 25.3. The van der Waals surface area contributed by atoms with Crippen LogP contribution in [0.25, 0.3) is 0 Å². The number of amides is 1. The third kappa shape index (κ3) is 5.75. The third-order valence-corrected chi connectivity index (χ3v) is 9.58. The average molecular weight is 549 g/mol. The second-order valence-electron chi connectivity index (χ2n) is 13.5. The fourth-order valence-electron chi connectivity index (χ4n) is 7.11. The van der Waals surface area contributed by atoms with E-state index in [0.717, 1.165) is 47.9 Å². The molecule has 1 saturated carbocycles. The number of hydrogen-bond donors (Lipinski definition) is 1. The Bertz CT molecular complexity index is 1200. The number of likely N-dealkylation sites (tertiary alicyclic amines) is 2. The molecular formula is C34H48N2O4. The first-order valence-electron chi connectivity index (χ1n) is 15.1. The summed E-state index contributed by atoms with van der Waals surface area (Å²) in [5.74, 6) is 1.61. The number of nitrogens with zero attached hydrogens (tertiary/aromatic N) is 2. The van der Waals surface area contributed by atoms with Crippen LogP contribution in [0.15, 0.2) is 42.5 Å². The van der Waals surface area contributed by atoms with Crippen LogP contribution in [-0.4, -0.2) is 64.4 Å². The Hall–Kier alpha value is -2.57. The molecule has 0 bridgehead atoms. The fraction of sp³-hybridized carbons (Fsp3) is 0.618. The van der Waals surface area contributed by atoms with Crippen LogP contribution in [-0.2, 0) is 16.8 Å². The highest BCUT2D eigenvalue weighted by molar-refractivity contribution is 5.68. The second-order valence-corrected chi connectivity index (χ2v) is 13.5. The predicted molar refractivity (Wildman–Crippen MR) is 159 cm³/mol. The number of piperidine rings is 1. The number of benzene rings is 2. The molecule has 2 heterocycles. The lowest BCUT2D eigenvalue weighted by atomic mass is 9.57. The van der Waals surface area contributed by atoms with Gasteiger partial charge in [-0.15, -0.1) is 0 Å². The summed E-state index contributed by atoms with van der Waals surface area (Å²) in [6.07, 6.45) is 4.34. The topological polar surface area (TPSA) is 62.2 Å². The van der Waals surface area contributed by atoms with Crippen molar-refractivity contribution in [2.75, 3.05) is 26.2 Å². The maximum atomic E-state index is 13.2. The van der Waals surface area contributed by atoms with Crippen LogP contribution < -0.4 is 4.74 Å². The minimum absolute atomic E-state index is 0.0187. The van der Waals surface area contributed by atoms with Crippen molar-refractivity contribution in [1.29, 1.82) is 0 Å². The third-order valence-electron chi connectivity index (χ3n) is 9.58. The summed E-state index contributed by atoms with van der Waals surface area (Å²) < 4.78 is 12.2. The van der Waals surface area contributed by atoms with Crippen molar-refractivity contribution in [3.8, 4) is 5.75 Å². The zero-order chi connectivity index (χ0) is 28.7. The van der Waals surface area contributed by atoms with Crippen LogP contribution in [0.5, 0.6) is 5.75 Å². The van der Waals surface area contributed by atoms with E-state index in [1.165, 1.54) is 18.4 Å². The summed E-state index contributed by atoms with van der Waals surface area (Å²) >= 11 is 0. The summed E-state index contributed by atoms with van der Waals surface area (Å²) in [6.45, 7) is 15.7. The molecule has 3 aliphatic rings. The van der Waals surface area contributed by atoms with E-state index in [1.807, 2.05) is 43.9 Å². The molecule has 0 aromatic heterocycles. The van der Waals surface area contributed by atoms with Crippen LogP contribution in [0.1, 0.15) is 82.1 Å². The average Bonchev–Trinajstić information content (AvgIpc) is 3.73. The molecule has 2 aromatic rings. The van der Waals surface area contributed by atoms with E-state index in [9.17, 15) is 9.90 Å². The number of rotatable bonds is 6. The van der Waals surface area contributed by atoms with Crippen molar-refractivity contribution in [1.82, 2.24) is 9.80 Å². The molecule has 1 N–H and O–H groups in total. The highest BCUT2D eigenvalue weighted by Crippen LogP contribution is 2.53. The Balaban J connectivity index is 1.51. The molecule has 0 radical (unpaired) electrons. The Morgan fingerprint density at radius 3 is 2.35 bits per heavy atom. The number of carbonyl (C=O) groups excluding carboxylic acids is 1. The molecule has 40 heavy (non-hydrogen) atoms. The minimum Gasteiger partial charge on any atom is -0.489 e. The first-order valence-corrected chi connectivity index (χ1v) is 15.1. The van der Waals surface area contributed by atoms with Gasteiger partial charge in [-0.1, -0.05) is 36.4 Å². The van der Waals surface area contributed by atoms with E-state index >= 15 is 0 Å². The Morgan fingerprint density at radius 1 is 1.00 bits per heavy atom. The van der Waals surface area contributed by atoms with Crippen molar-refractivity contribution in [3.63, 3.8) is 0 Å². The van der Waals surface area contributed by atoms with Gasteiger partial charge in [-0.3, -0.25) is 4.90 Å². The van der Waals surface area contributed by atoms with Gasteiger partial charge in [-0.25, -0.2) is 4.79 Å². The summed E-state index contributed by atoms with van der Waals surface area (Å²) in [6, 6.07) is 14.6. The molecule has 1 amide bonds. The maximum absolute atomic E-state index is 13.2. The van der Waals surface area contributed by atoms with E-state index in [0.29, 0.717) is 32.5 Å². The van der Waals surface area contributed by atoms with Gasteiger partial charge >= 0.3 is 6.09 Å². The minimum atomic E-state index is -0.992. The lowest BCUT2D eigenvalue weighted by Gasteiger charge is -2.58. The van der Waals surface area contributed by atoms with Gasteiger partial charge in [0.05, 0.1) is 5.60 Å². The van der Waals surface area contributed by atoms with Gasteiger partial charge in [0, 0.05) is 31.1 Å². The van der Waals surface area contributed by atoms with Crippen molar-refractivity contribution in [2.24, 2.45) is 5.92 Å². The van der Waals surface area contributed by atoms with Gasteiger partial charge in [-0.05, 0) is 114 Å². The molecule has 3 atom stereocenters. The van der Waals surface area contributed by atoms with Crippen molar-refractivity contribution in [3.05, 3.63) is 64.7 Å². The number of ether oxygens (including phenoxy) is 2. The van der Waals surface area contributed by atoms with Crippen LogP contribution in [0, 0.1) is 19.8 Å². The number of hydrogen-bond acceptors (Lipinski definition) is 5. The number of fused-ring (bicyclic) bond motifs is 1. The first-order chi connectivity index (χ1) is 18.9. The number of aryl methyl sites for hydroxylation is 2. The van der Waals surface area contributed by atoms with E-state index < -0.39 is 16.6 Å². The van der Waals surface area contributed by atoms with Gasteiger partial charge < -0.3 is 19.5 Å². The van der Waals surface area contributed by atoms with Crippen molar-refractivity contribution < 1.29 is 19.4 Å². The monoisotopic (exact) mass is 548 g/mol. The quantitative estimate of drug-likeness (QED) is 0.454. The normalized spacial score (nSPS) is 27.6. The summed E-state index contributed by atoms with van der Waals surface area (Å²) in [5, 5.41) is 12.9. The molecule has 0 spiro atoms. The van der Waals surface area contributed by atoms with Gasteiger partial charge in [0.15, 0.2) is 0 Å². The van der Waals surface area contributed by atoms with Gasteiger partial charge in [0.25, 0.3) is 0 Å². The van der Waals surface area contributed by atoms with Gasteiger partial charge in [0.1, 0.15) is 18.0 Å². The van der Waals surface area contributed by atoms with Crippen molar-refractivity contribution >= 4 is 6.09 Å². The largest absolute Gasteiger partial charge is 0.489 e. The Labute approximate surface area is 240 Å². The van der Waals surface area contributed by atoms with E-state index in [-0.39, 0.29) is 12.1 Å². The first kappa shape index (κ1) is 28.9. The number of aliphatic hydroxyl groups is 1. The van der Waals surface area contributed by atoms with Crippen LogP contribution in [0.4, 0.5) is 4.79 Å². The molecule has 3 unspecified atom stereocenters. The van der Waals surface area contributed by atoms with E-state index in [4.69, 9.17) is 9.47 Å². The summed E-state index contributed by atoms with van der Waals surface area (Å²) in [5.41, 5.74) is 2.52. The SMILES string of the molecule is Cc1cc(C)c(C23CCN(C(=O)OC(C)(C)C)CCC2(O)C(C)N(CC2CC2)CC3)cc1OCc1ccccc1. The van der Waals surface area contributed by atoms with Crippen LogP contribution in [0.3, 0.4) is 0 Å². The molecule has 6 heteroatoms. The van der Waals surface area contributed by atoms with E-state index in [2.05, 4.69) is 49.9 Å². The van der Waals surface area contributed by atoms with Gasteiger partial charge in [-0.2, -0.15) is 0 Å². The fourth-order valence-corrected chi connectivity index (χ4v) is 7.11. The molecule has 3 fully saturated rings. The molecule has 2 aromatic carbocycles. The zero-order valence-electron chi connectivity index (χ0n) is 25.3. The van der Waals surface area contributed by atoms with Gasteiger partial charge in [0.2, 0.25) is 0 Å². The Morgan fingerprint density at radius 2 is 1.68 bits per heavy atom. The molecule has 5 rings (SSSR count). The Kier molecular flexibility index (Phi) is 7.97. The molecular weight excluding hydrogens is 500 g/mol. The lowest BCUT2D eigenvalue weighted by Crippen LogP contribution is -2.68. The van der Waals surface area contributed by atoms with Crippen LogP contribution in [0.2, 0.25) is 0 Å².